The quantitative estimate of drug-likeness (QED) is 0.861. The van der Waals surface area contributed by atoms with Gasteiger partial charge in [0.15, 0.2) is 0 Å². The fourth-order valence-corrected chi connectivity index (χ4v) is 3.85. The monoisotopic (exact) mass is 273 g/mol. The van der Waals surface area contributed by atoms with Gasteiger partial charge >= 0.3 is 5.97 Å². The average molecular weight is 273 g/mol. The molecule has 0 heterocycles. The number of hydrogen-bond donors (Lipinski definition) is 1. The fourth-order valence-electron chi connectivity index (χ4n) is 3.85. The van der Waals surface area contributed by atoms with E-state index in [0.717, 1.165) is 24.8 Å². The maximum atomic E-state index is 12.6. The first-order valence-electron chi connectivity index (χ1n) is 7.71. The average Bonchev–Trinajstić information content (AvgIpc) is 2.99. The Kier molecular flexibility index (Phi) is 3.79. The summed E-state index contributed by atoms with van der Waals surface area (Å²) in [5.41, 5.74) is 1.79. The number of methoxy groups -OCH3 is 1. The molecule has 20 heavy (non-hydrogen) atoms. The summed E-state index contributed by atoms with van der Waals surface area (Å²) in [6.07, 6.45) is 7.79. The van der Waals surface area contributed by atoms with Gasteiger partial charge in [0.25, 0.3) is 0 Å². The molecule has 1 fully saturated rings. The fraction of sp³-hybridized carbons (Fsp3) is 0.588. The zero-order valence-corrected chi connectivity index (χ0v) is 12.2. The summed E-state index contributed by atoms with van der Waals surface area (Å²) in [6, 6.07) is 8.76. The third-order valence-electron chi connectivity index (χ3n) is 4.81. The topological polar surface area (TPSA) is 38.3 Å². The zero-order valence-electron chi connectivity index (χ0n) is 12.2. The van der Waals surface area contributed by atoms with Crippen molar-refractivity contribution in [3.05, 3.63) is 35.4 Å². The van der Waals surface area contributed by atoms with Crippen LogP contribution in [0, 0.1) is 0 Å². The lowest BCUT2D eigenvalue weighted by atomic mass is 9.76. The van der Waals surface area contributed by atoms with Gasteiger partial charge in [0.2, 0.25) is 0 Å². The lowest BCUT2D eigenvalue weighted by molar-refractivity contribution is -0.150. The summed E-state index contributed by atoms with van der Waals surface area (Å²) in [5, 5.41) is 3.66. The molecule has 1 N–H and O–H groups in total. The van der Waals surface area contributed by atoms with Gasteiger partial charge in [-0.25, -0.2) is 4.79 Å². The molecule has 3 nitrogen and oxygen atoms in total. The number of carbonyl (C=O) groups is 1. The molecule has 1 saturated carbocycles. The number of aryl methyl sites for hydroxylation is 1. The molecule has 0 aromatic heterocycles. The molecular weight excluding hydrogens is 250 g/mol. The molecule has 108 valence electrons. The molecule has 2 aliphatic rings. The number of fused-ring (bicyclic) bond motifs is 1. The van der Waals surface area contributed by atoms with Gasteiger partial charge in [0.1, 0.15) is 5.54 Å². The van der Waals surface area contributed by atoms with Crippen molar-refractivity contribution in [3.8, 4) is 0 Å². The first-order chi connectivity index (χ1) is 9.76. The third-order valence-corrected chi connectivity index (χ3v) is 4.81. The van der Waals surface area contributed by atoms with Crippen molar-refractivity contribution < 1.29 is 9.53 Å². The van der Waals surface area contributed by atoms with E-state index < -0.39 is 5.54 Å². The minimum absolute atomic E-state index is 0.128. The highest BCUT2D eigenvalue weighted by atomic mass is 16.5. The second kappa shape index (κ2) is 5.57. The normalized spacial score (nSPS) is 26.2. The van der Waals surface area contributed by atoms with Gasteiger partial charge in [-0.15, -0.1) is 0 Å². The Morgan fingerprint density at radius 2 is 2.00 bits per heavy atom. The Labute approximate surface area is 120 Å². The van der Waals surface area contributed by atoms with Crippen LogP contribution in [0.4, 0.5) is 0 Å². The highest BCUT2D eigenvalue weighted by Gasteiger charge is 2.45. The molecule has 0 bridgehead atoms. The highest BCUT2D eigenvalue weighted by Crippen LogP contribution is 2.38. The van der Waals surface area contributed by atoms with Crippen LogP contribution in [0.15, 0.2) is 24.3 Å². The van der Waals surface area contributed by atoms with Crippen LogP contribution in [0.3, 0.4) is 0 Å². The Bertz CT molecular complexity index is 494. The van der Waals surface area contributed by atoms with E-state index in [1.54, 1.807) is 0 Å². The van der Waals surface area contributed by atoms with Gasteiger partial charge in [-0.1, -0.05) is 37.1 Å². The van der Waals surface area contributed by atoms with Crippen molar-refractivity contribution >= 4 is 5.97 Å². The number of nitrogens with one attached hydrogen (secondary N) is 1. The van der Waals surface area contributed by atoms with Crippen LogP contribution < -0.4 is 5.32 Å². The summed E-state index contributed by atoms with van der Waals surface area (Å²) in [5.74, 6) is -0.128. The summed E-state index contributed by atoms with van der Waals surface area (Å²) < 4.78 is 5.16. The van der Waals surface area contributed by atoms with Crippen molar-refractivity contribution in [2.75, 3.05) is 7.11 Å². The van der Waals surface area contributed by atoms with E-state index in [1.807, 2.05) is 6.07 Å². The number of carbonyl (C=O) groups excluding carboxylic acids is 1. The molecule has 1 unspecified atom stereocenters. The first kappa shape index (κ1) is 13.6. The van der Waals surface area contributed by atoms with Crippen molar-refractivity contribution in [2.45, 2.75) is 56.5 Å². The van der Waals surface area contributed by atoms with E-state index in [9.17, 15) is 4.79 Å². The van der Waals surface area contributed by atoms with E-state index in [4.69, 9.17) is 4.74 Å². The molecule has 0 saturated heterocycles. The van der Waals surface area contributed by atoms with Crippen LogP contribution in [-0.2, 0) is 21.5 Å². The molecule has 0 radical (unpaired) electrons. The summed E-state index contributed by atoms with van der Waals surface area (Å²) in [7, 11) is 1.50. The maximum absolute atomic E-state index is 12.6. The van der Waals surface area contributed by atoms with Crippen LogP contribution in [0.5, 0.6) is 0 Å². The van der Waals surface area contributed by atoms with Gasteiger partial charge < -0.3 is 4.74 Å². The first-order valence-corrected chi connectivity index (χ1v) is 7.71. The minimum Gasteiger partial charge on any atom is -0.467 e. The second-order valence-electron chi connectivity index (χ2n) is 6.03. The van der Waals surface area contributed by atoms with Crippen molar-refractivity contribution in [3.63, 3.8) is 0 Å². The Hall–Kier alpha value is -1.35. The molecule has 0 amide bonds. The Morgan fingerprint density at radius 1 is 1.25 bits per heavy atom. The predicted octanol–water partition coefficient (Wildman–Crippen LogP) is 2.92. The standard InChI is InChI=1S/C17H23NO2/c1-20-16(19)17(18-14-9-3-4-10-14)12-6-8-13-7-2-5-11-15(13)17/h2,5,7,11,14,18H,3-4,6,8-10,12H2,1H3. The van der Waals surface area contributed by atoms with E-state index in [-0.39, 0.29) is 5.97 Å². The number of benzene rings is 1. The smallest absolute Gasteiger partial charge is 0.330 e. The van der Waals surface area contributed by atoms with E-state index in [1.165, 1.54) is 38.4 Å². The molecule has 0 aliphatic heterocycles. The molecule has 3 rings (SSSR count). The maximum Gasteiger partial charge on any atom is 0.330 e. The number of esters is 1. The van der Waals surface area contributed by atoms with E-state index in [0.29, 0.717) is 6.04 Å². The lowest BCUT2D eigenvalue weighted by Gasteiger charge is -2.39. The zero-order chi connectivity index (χ0) is 14.0. The van der Waals surface area contributed by atoms with Gasteiger partial charge in [-0.05, 0) is 43.2 Å². The Morgan fingerprint density at radius 3 is 2.75 bits per heavy atom. The molecule has 1 atom stereocenters. The molecule has 2 aliphatic carbocycles. The largest absolute Gasteiger partial charge is 0.467 e. The van der Waals surface area contributed by atoms with Crippen molar-refractivity contribution in [1.82, 2.24) is 5.32 Å². The Balaban J connectivity index is 2.00. The van der Waals surface area contributed by atoms with Gasteiger partial charge in [-0.3, -0.25) is 5.32 Å². The van der Waals surface area contributed by atoms with Crippen LogP contribution >= 0.6 is 0 Å². The number of hydrogen-bond acceptors (Lipinski definition) is 3. The molecule has 3 heteroatoms. The van der Waals surface area contributed by atoms with Crippen molar-refractivity contribution in [2.24, 2.45) is 0 Å². The second-order valence-corrected chi connectivity index (χ2v) is 6.03. The molecular formula is C17H23NO2. The SMILES string of the molecule is COC(=O)C1(NC2CCCC2)CCCc2ccccc21. The van der Waals surface area contributed by atoms with Gasteiger partial charge in [0.05, 0.1) is 7.11 Å². The summed E-state index contributed by atoms with van der Waals surface area (Å²) >= 11 is 0. The van der Waals surface area contributed by atoms with Crippen LogP contribution in [-0.4, -0.2) is 19.1 Å². The number of ether oxygens (including phenoxy) is 1. The summed E-state index contributed by atoms with van der Waals surface area (Å²) in [4.78, 5) is 12.6. The van der Waals surface area contributed by atoms with E-state index >= 15 is 0 Å². The summed E-state index contributed by atoms with van der Waals surface area (Å²) in [6.45, 7) is 0. The van der Waals surface area contributed by atoms with Crippen LogP contribution in [0.2, 0.25) is 0 Å². The lowest BCUT2D eigenvalue weighted by Crippen LogP contribution is -2.55. The van der Waals surface area contributed by atoms with Crippen LogP contribution in [0.1, 0.15) is 49.7 Å². The van der Waals surface area contributed by atoms with Gasteiger partial charge in [-0.2, -0.15) is 0 Å². The predicted molar refractivity (Wildman–Crippen MR) is 78.5 cm³/mol. The highest BCUT2D eigenvalue weighted by molar-refractivity contribution is 5.83. The number of rotatable bonds is 3. The molecule has 1 aromatic rings. The van der Waals surface area contributed by atoms with Gasteiger partial charge in [0, 0.05) is 6.04 Å². The molecule has 1 aromatic carbocycles. The third kappa shape index (κ3) is 2.24. The minimum atomic E-state index is -0.626. The van der Waals surface area contributed by atoms with Crippen molar-refractivity contribution in [1.29, 1.82) is 0 Å². The van der Waals surface area contributed by atoms with Crippen LogP contribution in [0.25, 0.3) is 0 Å². The van der Waals surface area contributed by atoms with E-state index in [2.05, 4.69) is 23.5 Å². The molecule has 0 spiro atoms.